The number of thiophene rings is 1. The molecule has 1 heteroatoms. The van der Waals surface area contributed by atoms with E-state index in [0.29, 0.717) is 0 Å². The van der Waals surface area contributed by atoms with Gasteiger partial charge in [-0.3, -0.25) is 0 Å². The van der Waals surface area contributed by atoms with Gasteiger partial charge in [0.15, 0.2) is 0 Å². The van der Waals surface area contributed by atoms with Gasteiger partial charge in [-0.05, 0) is 36.8 Å². The highest BCUT2D eigenvalue weighted by Crippen LogP contribution is 2.22. The number of rotatable bonds is 4. The van der Waals surface area contributed by atoms with Crippen LogP contribution in [0.2, 0.25) is 0 Å². The van der Waals surface area contributed by atoms with Crippen molar-refractivity contribution >= 4 is 11.3 Å². The predicted octanol–water partition coefficient (Wildman–Crippen LogP) is 4.15. The van der Waals surface area contributed by atoms with Crippen molar-refractivity contribution in [1.82, 2.24) is 0 Å². The van der Waals surface area contributed by atoms with E-state index >= 15 is 0 Å². The van der Waals surface area contributed by atoms with E-state index in [1.54, 1.807) is 9.75 Å². The monoisotopic (exact) mass is 196 g/mol. The molecule has 0 saturated carbocycles. The van der Waals surface area contributed by atoms with E-state index in [1.807, 2.05) is 11.3 Å². The topological polar surface area (TPSA) is 0 Å². The van der Waals surface area contributed by atoms with Crippen molar-refractivity contribution < 1.29 is 0 Å². The van der Waals surface area contributed by atoms with E-state index in [0.717, 1.165) is 11.8 Å². The third kappa shape index (κ3) is 3.95. The van der Waals surface area contributed by atoms with E-state index in [-0.39, 0.29) is 0 Å². The molecule has 13 heavy (non-hydrogen) atoms. The molecule has 1 heterocycles. The van der Waals surface area contributed by atoms with Crippen molar-refractivity contribution in [3.63, 3.8) is 0 Å². The predicted molar refractivity (Wildman–Crippen MR) is 61.4 cm³/mol. The minimum atomic E-state index is 0.783. The molecule has 0 atom stereocenters. The fraction of sp³-hybridized carbons (Fsp3) is 0.667. The highest BCUT2D eigenvalue weighted by atomic mass is 32.1. The van der Waals surface area contributed by atoms with Crippen LogP contribution in [0, 0.1) is 11.8 Å². The summed E-state index contributed by atoms with van der Waals surface area (Å²) >= 11 is 1.99. The third-order valence-electron chi connectivity index (χ3n) is 1.94. The van der Waals surface area contributed by atoms with E-state index in [2.05, 4.69) is 39.8 Å². The first-order valence-corrected chi connectivity index (χ1v) is 5.97. The summed E-state index contributed by atoms with van der Waals surface area (Å²) in [5.41, 5.74) is 0. The van der Waals surface area contributed by atoms with Crippen LogP contribution in [0.5, 0.6) is 0 Å². The Morgan fingerprint density at radius 1 is 0.923 bits per heavy atom. The van der Waals surface area contributed by atoms with Gasteiger partial charge in [-0.25, -0.2) is 0 Å². The van der Waals surface area contributed by atoms with Crippen LogP contribution in [0.3, 0.4) is 0 Å². The first kappa shape index (κ1) is 10.8. The van der Waals surface area contributed by atoms with Gasteiger partial charge in [0.2, 0.25) is 0 Å². The lowest BCUT2D eigenvalue weighted by Gasteiger charge is -2.01. The van der Waals surface area contributed by atoms with E-state index in [4.69, 9.17) is 0 Å². The molecule has 0 nitrogen and oxygen atoms in total. The van der Waals surface area contributed by atoms with Crippen molar-refractivity contribution in [2.75, 3.05) is 0 Å². The molecule has 0 aromatic carbocycles. The van der Waals surface area contributed by atoms with Gasteiger partial charge < -0.3 is 0 Å². The summed E-state index contributed by atoms with van der Waals surface area (Å²) in [6.07, 6.45) is 2.48. The SMILES string of the molecule is CC(C)Cc1ccc(CC(C)C)s1. The zero-order valence-electron chi connectivity index (χ0n) is 9.13. The lowest BCUT2D eigenvalue weighted by molar-refractivity contribution is 0.653. The van der Waals surface area contributed by atoms with Gasteiger partial charge in [0.05, 0.1) is 0 Å². The molecule has 0 fully saturated rings. The summed E-state index contributed by atoms with van der Waals surface area (Å²) in [4.78, 5) is 3.09. The first-order valence-electron chi connectivity index (χ1n) is 5.15. The Hall–Kier alpha value is -0.300. The van der Waals surface area contributed by atoms with Gasteiger partial charge in [0, 0.05) is 9.75 Å². The molecule has 0 unspecified atom stereocenters. The molecule has 0 amide bonds. The Balaban J connectivity index is 2.53. The Morgan fingerprint density at radius 2 is 1.31 bits per heavy atom. The molecular weight excluding hydrogens is 176 g/mol. The fourth-order valence-corrected chi connectivity index (χ4v) is 2.89. The molecule has 0 bridgehead atoms. The normalized spacial score (nSPS) is 11.5. The summed E-state index contributed by atoms with van der Waals surface area (Å²) in [5.74, 6) is 1.57. The van der Waals surface area contributed by atoms with Gasteiger partial charge in [0.25, 0.3) is 0 Å². The third-order valence-corrected chi connectivity index (χ3v) is 3.07. The largest absolute Gasteiger partial charge is 0.145 e. The molecule has 0 N–H and O–H groups in total. The molecule has 0 aliphatic heterocycles. The lowest BCUT2D eigenvalue weighted by Crippen LogP contribution is -1.90. The van der Waals surface area contributed by atoms with Gasteiger partial charge in [0.1, 0.15) is 0 Å². The van der Waals surface area contributed by atoms with Crippen LogP contribution >= 0.6 is 11.3 Å². The zero-order chi connectivity index (χ0) is 9.84. The van der Waals surface area contributed by atoms with Gasteiger partial charge in [-0.1, -0.05) is 27.7 Å². The number of hydrogen-bond acceptors (Lipinski definition) is 1. The maximum atomic E-state index is 2.29. The molecule has 1 aromatic heterocycles. The van der Waals surface area contributed by atoms with Gasteiger partial charge in [-0.2, -0.15) is 0 Å². The Morgan fingerprint density at radius 3 is 1.62 bits per heavy atom. The van der Waals surface area contributed by atoms with Crippen LogP contribution < -0.4 is 0 Å². The van der Waals surface area contributed by atoms with E-state index < -0.39 is 0 Å². The molecule has 1 aromatic rings. The number of hydrogen-bond donors (Lipinski definition) is 0. The average Bonchev–Trinajstić information content (AvgIpc) is 2.33. The summed E-state index contributed by atoms with van der Waals surface area (Å²) in [7, 11) is 0. The van der Waals surface area contributed by atoms with Crippen molar-refractivity contribution in [3.05, 3.63) is 21.9 Å². The summed E-state index contributed by atoms with van der Waals surface area (Å²) in [5, 5.41) is 0. The van der Waals surface area contributed by atoms with Gasteiger partial charge in [-0.15, -0.1) is 11.3 Å². The Labute approximate surface area is 86.0 Å². The van der Waals surface area contributed by atoms with Crippen LogP contribution in [-0.2, 0) is 12.8 Å². The molecule has 1 rings (SSSR count). The van der Waals surface area contributed by atoms with Crippen molar-refractivity contribution in [2.45, 2.75) is 40.5 Å². The summed E-state index contributed by atoms with van der Waals surface area (Å²) < 4.78 is 0. The standard InChI is InChI=1S/C12H20S/c1-9(2)7-11-5-6-12(13-11)8-10(3)4/h5-6,9-10H,7-8H2,1-4H3. The van der Waals surface area contributed by atoms with Crippen LogP contribution in [-0.4, -0.2) is 0 Å². The van der Waals surface area contributed by atoms with Crippen LogP contribution in [0.1, 0.15) is 37.4 Å². The maximum Gasteiger partial charge on any atom is 0.00507 e. The van der Waals surface area contributed by atoms with E-state index in [9.17, 15) is 0 Å². The second-order valence-electron chi connectivity index (χ2n) is 4.56. The first-order chi connectivity index (χ1) is 6.08. The quantitative estimate of drug-likeness (QED) is 0.679. The van der Waals surface area contributed by atoms with Crippen LogP contribution in [0.15, 0.2) is 12.1 Å². The lowest BCUT2D eigenvalue weighted by atomic mass is 10.1. The molecular formula is C12H20S. The molecule has 74 valence electrons. The Kier molecular flexibility index (Phi) is 3.98. The highest BCUT2D eigenvalue weighted by molar-refractivity contribution is 7.11. The minimum Gasteiger partial charge on any atom is -0.145 e. The Bertz CT molecular complexity index is 221. The fourth-order valence-electron chi connectivity index (χ4n) is 1.45. The average molecular weight is 196 g/mol. The minimum absolute atomic E-state index is 0.783. The van der Waals surface area contributed by atoms with Crippen LogP contribution in [0.4, 0.5) is 0 Å². The summed E-state index contributed by atoms with van der Waals surface area (Å²) in [6.45, 7) is 9.12. The highest BCUT2D eigenvalue weighted by Gasteiger charge is 2.03. The molecule has 0 spiro atoms. The second kappa shape index (κ2) is 4.80. The van der Waals surface area contributed by atoms with Crippen molar-refractivity contribution in [1.29, 1.82) is 0 Å². The van der Waals surface area contributed by atoms with Gasteiger partial charge >= 0.3 is 0 Å². The second-order valence-corrected chi connectivity index (χ2v) is 5.82. The molecule has 0 saturated heterocycles. The maximum absolute atomic E-state index is 2.29. The van der Waals surface area contributed by atoms with Crippen molar-refractivity contribution in [2.24, 2.45) is 11.8 Å². The molecule has 0 aliphatic rings. The van der Waals surface area contributed by atoms with Crippen molar-refractivity contribution in [3.8, 4) is 0 Å². The van der Waals surface area contributed by atoms with Crippen LogP contribution in [0.25, 0.3) is 0 Å². The molecule has 0 radical (unpaired) electrons. The zero-order valence-corrected chi connectivity index (χ0v) is 9.95. The molecule has 0 aliphatic carbocycles. The van der Waals surface area contributed by atoms with E-state index in [1.165, 1.54) is 12.8 Å². The smallest absolute Gasteiger partial charge is 0.00507 e. The summed E-state index contributed by atoms with van der Waals surface area (Å²) in [6, 6.07) is 4.59.